The number of para-hydroxylation sites is 1. The van der Waals surface area contributed by atoms with Crippen molar-refractivity contribution in [3.8, 4) is 10.8 Å². The molecule has 0 saturated carbocycles. The summed E-state index contributed by atoms with van der Waals surface area (Å²) >= 11 is 3.13. The number of aromatic nitrogens is 3. The number of hydrogen-bond acceptors (Lipinski definition) is 7. The predicted octanol–water partition coefficient (Wildman–Crippen LogP) is 3.58. The highest BCUT2D eigenvalue weighted by atomic mass is 32.1. The maximum atomic E-state index is 12.8. The second-order valence-electron chi connectivity index (χ2n) is 7.01. The quantitative estimate of drug-likeness (QED) is 0.498. The maximum Gasteiger partial charge on any atom is 0.437 e. The lowest BCUT2D eigenvalue weighted by molar-refractivity contribution is -0.133. The number of thiazole rings is 1. The van der Waals surface area contributed by atoms with E-state index in [1.54, 1.807) is 11.3 Å². The van der Waals surface area contributed by atoms with Crippen molar-refractivity contribution in [1.29, 1.82) is 0 Å². The molecule has 1 unspecified atom stereocenters. The van der Waals surface area contributed by atoms with Crippen molar-refractivity contribution in [2.45, 2.75) is 25.3 Å². The highest BCUT2D eigenvalue weighted by molar-refractivity contribution is 7.18. The Labute approximate surface area is 174 Å². The Balaban J connectivity index is 1.30. The molecule has 1 saturated heterocycles. The van der Waals surface area contributed by atoms with Crippen molar-refractivity contribution < 1.29 is 9.21 Å². The lowest BCUT2D eigenvalue weighted by atomic mass is 9.98. The highest BCUT2D eigenvalue weighted by Crippen LogP contribution is 2.33. The topological polar surface area (TPSA) is 81.2 Å². The van der Waals surface area contributed by atoms with Gasteiger partial charge in [0.05, 0.1) is 20.1 Å². The van der Waals surface area contributed by atoms with E-state index in [0.717, 1.165) is 32.9 Å². The van der Waals surface area contributed by atoms with Crippen LogP contribution in [0.5, 0.6) is 0 Å². The number of fused-ring (bicyclic) bond motifs is 1. The van der Waals surface area contributed by atoms with Gasteiger partial charge < -0.3 is 9.32 Å². The van der Waals surface area contributed by atoms with Crippen LogP contribution in [-0.4, -0.2) is 38.7 Å². The molecule has 3 aromatic heterocycles. The molecule has 1 aromatic carbocycles. The molecule has 1 fully saturated rings. The summed E-state index contributed by atoms with van der Waals surface area (Å²) < 4.78 is 7.48. The predicted molar refractivity (Wildman–Crippen MR) is 112 cm³/mol. The van der Waals surface area contributed by atoms with Crippen LogP contribution >= 0.6 is 22.7 Å². The van der Waals surface area contributed by atoms with Gasteiger partial charge in [0.15, 0.2) is 0 Å². The second kappa shape index (κ2) is 7.57. The molecule has 0 N–H and O–H groups in total. The molecule has 0 radical (unpaired) electrons. The molecule has 1 atom stereocenters. The van der Waals surface area contributed by atoms with Gasteiger partial charge in [-0.1, -0.05) is 18.2 Å². The van der Waals surface area contributed by atoms with E-state index in [-0.39, 0.29) is 24.3 Å². The molecule has 29 heavy (non-hydrogen) atoms. The molecule has 4 aromatic rings. The van der Waals surface area contributed by atoms with Gasteiger partial charge in [0.25, 0.3) is 5.89 Å². The first-order valence-electron chi connectivity index (χ1n) is 9.42. The number of rotatable bonds is 4. The van der Waals surface area contributed by atoms with E-state index < -0.39 is 5.76 Å². The van der Waals surface area contributed by atoms with Crippen molar-refractivity contribution in [3.63, 3.8) is 0 Å². The van der Waals surface area contributed by atoms with Crippen molar-refractivity contribution >= 4 is 38.8 Å². The smallest absolute Gasteiger partial charge is 0.387 e. The molecular weight excluding hydrogens is 408 g/mol. The number of likely N-dealkylation sites (tertiary alicyclic amines) is 1. The molecule has 148 valence electrons. The summed E-state index contributed by atoms with van der Waals surface area (Å²) in [5.74, 6) is -0.255. The van der Waals surface area contributed by atoms with Gasteiger partial charge in [-0.25, -0.2) is 9.78 Å². The molecule has 9 heteroatoms. The molecule has 5 rings (SSSR count). The first-order chi connectivity index (χ1) is 14.2. The number of benzene rings is 1. The fourth-order valence-electron chi connectivity index (χ4n) is 3.60. The third kappa shape index (κ3) is 3.63. The van der Waals surface area contributed by atoms with Crippen molar-refractivity contribution in [2.24, 2.45) is 0 Å². The Morgan fingerprint density at radius 3 is 2.97 bits per heavy atom. The molecule has 0 bridgehead atoms. The summed E-state index contributed by atoms with van der Waals surface area (Å²) in [5, 5.41) is 7.14. The summed E-state index contributed by atoms with van der Waals surface area (Å²) in [7, 11) is 0. The Kier molecular flexibility index (Phi) is 4.76. The monoisotopic (exact) mass is 426 g/mol. The first kappa shape index (κ1) is 18.3. The average molecular weight is 427 g/mol. The van der Waals surface area contributed by atoms with Crippen LogP contribution in [0.15, 0.2) is 51.0 Å². The van der Waals surface area contributed by atoms with Crippen LogP contribution in [0.1, 0.15) is 23.8 Å². The fourth-order valence-corrected chi connectivity index (χ4v) is 5.34. The number of carbonyl (C=O) groups is 1. The molecule has 1 aliphatic rings. The van der Waals surface area contributed by atoms with Crippen molar-refractivity contribution in [1.82, 2.24) is 19.7 Å². The molecule has 1 aliphatic heterocycles. The van der Waals surface area contributed by atoms with Crippen molar-refractivity contribution in [3.05, 3.63) is 57.3 Å². The Hall–Kier alpha value is -2.78. The van der Waals surface area contributed by atoms with Crippen LogP contribution in [0.4, 0.5) is 0 Å². The van der Waals surface area contributed by atoms with E-state index >= 15 is 0 Å². The number of hydrogen-bond donors (Lipinski definition) is 0. The fraction of sp³-hybridized carbons (Fsp3) is 0.300. The number of amides is 1. The number of nitrogens with zero attached hydrogens (tertiary/aromatic N) is 4. The van der Waals surface area contributed by atoms with Crippen LogP contribution in [0, 0.1) is 0 Å². The largest absolute Gasteiger partial charge is 0.437 e. The minimum Gasteiger partial charge on any atom is -0.387 e. The minimum absolute atomic E-state index is 0.111. The van der Waals surface area contributed by atoms with Crippen LogP contribution in [0.2, 0.25) is 0 Å². The van der Waals surface area contributed by atoms with Crippen LogP contribution in [0.3, 0.4) is 0 Å². The van der Waals surface area contributed by atoms with Crippen molar-refractivity contribution in [2.75, 3.05) is 13.1 Å². The Morgan fingerprint density at radius 2 is 2.14 bits per heavy atom. The summed E-state index contributed by atoms with van der Waals surface area (Å²) in [4.78, 5) is 32.3. The lowest BCUT2D eigenvalue weighted by Gasteiger charge is -2.31. The lowest BCUT2D eigenvalue weighted by Crippen LogP contribution is -2.42. The van der Waals surface area contributed by atoms with Crippen LogP contribution in [0.25, 0.3) is 21.0 Å². The normalized spacial score (nSPS) is 17.1. The maximum absolute atomic E-state index is 12.8. The van der Waals surface area contributed by atoms with Gasteiger partial charge >= 0.3 is 5.76 Å². The summed E-state index contributed by atoms with van der Waals surface area (Å²) in [6.07, 6.45) is 1.93. The summed E-state index contributed by atoms with van der Waals surface area (Å²) in [6, 6.07) is 11.8. The summed E-state index contributed by atoms with van der Waals surface area (Å²) in [6.45, 7) is 1.19. The van der Waals surface area contributed by atoms with Gasteiger partial charge in [-0.05, 0) is 36.4 Å². The van der Waals surface area contributed by atoms with Gasteiger partial charge in [-0.2, -0.15) is 4.68 Å². The zero-order chi connectivity index (χ0) is 19.8. The number of piperidine rings is 1. The molecule has 0 spiro atoms. The Bertz CT molecular complexity index is 1180. The highest BCUT2D eigenvalue weighted by Gasteiger charge is 2.27. The van der Waals surface area contributed by atoms with E-state index in [1.165, 1.54) is 16.0 Å². The Morgan fingerprint density at radius 1 is 1.24 bits per heavy atom. The van der Waals surface area contributed by atoms with Gasteiger partial charge in [0, 0.05) is 19.0 Å². The van der Waals surface area contributed by atoms with E-state index in [9.17, 15) is 9.59 Å². The van der Waals surface area contributed by atoms with E-state index in [4.69, 9.17) is 9.40 Å². The van der Waals surface area contributed by atoms with Gasteiger partial charge in [-0.15, -0.1) is 27.8 Å². The third-order valence-corrected chi connectivity index (χ3v) is 7.11. The summed E-state index contributed by atoms with van der Waals surface area (Å²) in [5.41, 5.74) is 1.01. The van der Waals surface area contributed by atoms with Gasteiger partial charge in [0.1, 0.15) is 6.54 Å². The van der Waals surface area contributed by atoms with E-state index in [0.29, 0.717) is 13.1 Å². The standard InChI is InChI=1S/C20H18N4O3S2/c25-17(12-24-20(26)27-18(22-24)16-8-4-10-28-16)23-9-3-5-13(11-23)19-21-14-6-1-2-7-15(14)29-19/h1-2,4,6-8,10,13H,3,5,9,11-12H2. The number of thiophene rings is 1. The van der Waals surface area contributed by atoms with Gasteiger partial charge in [-0.3, -0.25) is 4.79 Å². The zero-order valence-electron chi connectivity index (χ0n) is 15.5. The minimum atomic E-state index is -0.610. The first-order valence-corrected chi connectivity index (χ1v) is 11.1. The molecule has 4 heterocycles. The van der Waals surface area contributed by atoms with Gasteiger partial charge in [0.2, 0.25) is 5.91 Å². The SMILES string of the molecule is O=C(Cn1nc(-c2cccs2)oc1=O)N1CCCC(c2nc3ccccc3s2)C1. The average Bonchev–Trinajstić information content (AvgIpc) is 3.48. The van der Waals surface area contributed by atoms with Crippen LogP contribution in [-0.2, 0) is 11.3 Å². The van der Waals surface area contributed by atoms with Crippen LogP contribution < -0.4 is 5.76 Å². The molecule has 0 aliphatic carbocycles. The van der Waals surface area contributed by atoms with E-state index in [2.05, 4.69) is 11.2 Å². The molecule has 7 nitrogen and oxygen atoms in total. The number of carbonyl (C=O) groups excluding carboxylic acids is 1. The third-order valence-electron chi connectivity index (χ3n) is 5.06. The second-order valence-corrected chi connectivity index (χ2v) is 9.02. The molecule has 1 amide bonds. The zero-order valence-corrected chi connectivity index (χ0v) is 17.1. The van der Waals surface area contributed by atoms with E-state index in [1.807, 2.05) is 40.6 Å². The molecular formula is C20H18N4O3S2.